The van der Waals surface area contributed by atoms with Crippen LogP contribution < -0.4 is 0 Å². The minimum absolute atomic E-state index is 0.152. The summed E-state index contributed by atoms with van der Waals surface area (Å²) in [5, 5.41) is 9.48. The molecule has 2 unspecified atom stereocenters. The van der Waals surface area contributed by atoms with E-state index in [1.54, 1.807) is 0 Å². The Morgan fingerprint density at radius 2 is 1.80 bits per heavy atom. The van der Waals surface area contributed by atoms with Crippen molar-refractivity contribution in [2.45, 2.75) is 47.1 Å². The van der Waals surface area contributed by atoms with Gasteiger partial charge in [-0.1, -0.05) is 34.6 Å². The molecule has 1 aliphatic rings. The molecule has 4 heteroatoms. The fourth-order valence-electron chi connectivity index (χ4n) is 3.01. The van der Waals surface area contributed by atoms with E-state index >= 15 is 0 Å². The molecule has 0 spiro atoms. The molecule has 0 radical (unpaired) electrons. The van der Waals surface area contributed by atoms with E-state index in [-0.39, 0.29) is 18.6 Å². The molecular weight excluding hydrogens is 252 g/mol. The van der Waals surface area contributed by atoms with E-state index in [0.717, 1.165) is 26.1 Å². The topological polar surface area (TPSA) is 43.8 Å². The zero-order valence-electron chi connectivity index (χ0n) is 13.8. The highest BCUT2D eigenvalue weighted by Gasteiger charge is 2.32. The summed E-state index contributed by atoms with van der Waals surface area (Å²) in [7, 11) is 0. The quantitative estimate of drug-likeness (QED) is 0.775. The van der Waals surface area contributed by atoms with Crippen molar-refractivity contribution in [2.75, 3.05) is 32.8 Å². The molecule has 0 bridgehead atoms. The van der Waals surface area contributed by atoms with Gasteiger partial charge in [0.2, 0.25) is 5.91 Å². The summed E-state index contributed by atoms with van der Waals surface area (Å²) in [5.41, 5.74) is 0. The van der Waals surface area contributed by atoms with Crippen LogP contribution in [0.25, 0.3) is 0 Å². The molecule has 20 heavy (non-hydrogen) atoms. The smallest absolute Gasteiger partial charge is 0.236 e. The van der Waals surface area contributed by atoms with Crippen LogP contribution in [0.5, 0.6) is 0 Å². The Balaban J connectivity index is 2.61. The van der Waals surface area contributed by atoms with Crippen LogP contribution in [0.15, 0.2) is 0 Å². The highest BCUT2D eigenvalue weighted by molar-refractivity contribution is 5.78. The first-order valence-electron chi connectivity index (χ1n) is 7.97. The Labute approximate surface area is 124 Å². The van der Waals surface area contributed by atoms with Crippen molar-refractivity contribution in [1.29, 1.82) is 0 Å². The monoisotopic (exact) mass is 284 g/mol. The van der Waals surface area contributed by atoms with Gasteiger partial charge in [0.15, 0.2) is 0 Å². The van der Waals surface area contributed by atoms with Gasteiger partial charge in [0, 0.05) is 19.1 Å². The van der Waals surface area contributed by atoms with Gasteiger partial charge in [0.1, 0.15) is 0 Å². The van der Waals surface area contributed by atoms with Crippen LogP contribution in [0.3, 0.4) is 0 Å². The SMILES string of the molecule is CC(C)CN(CC(C)C)C(=O)CN1CCC(C)C1CO. The predicted molar refractivity (Wildman–Crippen MR) is 82.5 cm³/mol. The maximum Gasteiger partial charge on any atom is 0.236 e. The van der Waals surface area contributed by atoms with Crippen molar-refractivity contribution in [3.63, 3.8) is 0 Å². The molecule has 0 aromatic heterocycles. The van der Waals surface area contributed by atoms with Crippen LogP contribution in [0, 0.1) is 17.8 Å². The molecule has 1 N–H and O–H groups in total. The fourth-order valence-corrected chi connectivity index (χ4v) is 3.01. The lowest BCUT2D eigenvalue weighted by molar-refractivity contribution is -0.134. The first-order valence-corrected chi connectivity index (χ1v) is 7.97. The van der Waals surface area contributed by atoms with Gasteiger partial charge < -0.3 is 10.0 Å². The van der Waals surface area contributed by atoms with E-state index in [0.29, 0.717) is 24.3 Å². The molecule has 0 aliphatic carbocycles. The summed E-state index contributed by atoms with van der Waals surface area (Å²) in [6.07, 6.45) is 1.08. The molecule has 0 aromatic rings. The van der Waals surface area contributed by atoms with Gasteiger partial charge in [-0.25, -0.2) is 0 Å². The first-order chi connectivity index (χ1) is 9.35. The van der Waals surface area contributed by atoms with Crippen molar-refractivity contribution in [1.82, 2.24) is 9.80 Å². The molecular formula is C16H32N2O2. The number of hydrogen-bond donors (Lipinski definition) is 1. The summed E-state index contributed by atoms with van der Waals surface area (Å²) in [4.78, 5) is 16.7. The molecule has 4 nitrogen and oxygen atoms in total. The first kappa shape index (κ1) is 17.4. The van der Waals surface area contributed by atoms with Crippen molar-refractivity contribution >= 4 is 5.91 Å². The second-order valence-corrected chi connectivity index (χ2v) is 7.07. The summed E-state index contributed by atoms with van der Waals surface area (Å²) >= 11 is 0. The summed E-state index contributed by atoms with van der Waals surface area (Å²) < 4.78 is 0. The molecule has 1 amide bonds. The van der Waals surface area contributed by atoms with E-state index in [2.05, 4.69) is 39.5 Å². The molecule has 1 fully saturated rings. The maximum absolute atomic E-state index is 12.5. The molecule has 1 rings (SSSR count). The number of likely N-dealkylation sites (tertiary alicyclic amines) is 1. The average Bonchev–Trinajstić information content (AvgIpc) is 2.67. The molecule has 1 aliphatic heterocycles. The third-order valence-corrected chi connectivity index (χ3v) is 4.05. The number of nitrogens with zero attached hydrogens (tertiary/aromatic N) is 2. The molecule has 1 saturated heterocycles. The van der Waals surface area contributed by atoms with E-state index in [1.165, 1.54) is 0 Å². The zero-order valence-corrected chi connectivity index (χ0v) is 13.8. The summed E-state index contributed by atoms with van der Waals surface area (Å²) in [6, 6.07) is 0.152. The Kier molecular flexibility index (Phi) is 6.96. The number of aliphatic hydroxyl groups excluding tert-OH is 1. The van der Waals surface area contributed by atoms with E-state index < -0.39 is 0 Å². The summed E-state index contributed by atoms with van der Waals surface area (Å²) in [5.74, 6) is 1.67. The molecule has 118 valence electrons. The highest BCUT2D eigenvalue weighted by atomic mass is 16.3. The minimum atomic E-state index is 0.152. The Morgan fingerprint density at radius 1 is 1.25 bits per heavy atom. The second kappa shape index (κ2) is 7.99. The average molecular weight is 284 g/mol. The van der Waals surface area contributed by atoms with Crippen molar-refractivity contribution in [3.8, 4) is 0 Å². The van der Waals surface area contributed by atoms with Gasteiger partial charge in [-0.15, -0.1) is 0 Å². The van der Waals surface area contributed by atoms with E-state index in [9.17, 15) is 9.90 Å². The fraction of sp³-hybridized carbons (Fsp3) is 0.938. The largest absolute Gasteiger partial charge is 0.395 e. The lowest BCUT2D eigenvalue weighted by atomic mass is 10.0. The van der Waals surface area contributed by atoms with Gasteiger partial charge >= 0.3 is 0 Å². The van der Waals surface area contributed by atoms with Crippen LogP contribution in [0.2, 0.25) is 0 Å². The van der Waals surface area contributed by atoms with Crippen molar-refractivity contribution < 1.29 is 9.90 Å². The highest BCUT2D eigenvalue weighted by Crippen LogP contribution is 2.23. The van der Waals surface area contributed by atoms with Crippen LogP contribution >= 0.6 is 0 Å². The van der Waals surface area contributed by atoms with Crippen molar-refractivity contribution in [2.24, 2.45) is 17.8 Å². The Bertz CT molecular complexity index is 295. The van der Waals surface area contributed by atoms with Crippen LogP contribution in [0.4, 0.5) is 0 Å². The van der Waals surface area contributed by atoms with Gasteiger partial charge in [0.05, 0.1) is 13.2 Å². The predicted octanol–water partition coefficient (Wildman–Crippen LogP) is 1.83. The second-order valence-electron chi connectivity index (χ2n) is 7.07. The maximum atomic E-state index is 12.5. The lowest BCUT2D eigenvalue weighted by Gasteiger charge is -2.30. The number of hydrogen-bond acceptors (Lipinski definition) is 3. The number of rotatable bonds is 7. The molecule has 1 heterocycles. The van der Waals surface area contributed by atoms with Crippen molar-refractivity contribution in [3.05, 3.63) is 0 Å². The standard InChI is InChI=1S/C16H32N2O2/c1-12(2)8-18(9-13(3)4)16(20)10-17-7-6-14(5)15(17)11-19/h12-15,19H,6-11H2,1-5H3. The van der Waals surface area contributed by atoms with Crippen LogP contribution in [0.1, 0.15) is 41.0 Å². The van der Waals surface area contributed by atoms with Gasteiger partial charge in [0.25, 0.3) is 0 Å². The third kappa shape index (κ3) is 5.06. The number of carbonyl (C=O) groups excluding carboxylic acids is 1. The van der Waals surface area contributed by atoms with Gasteiger partial charge in [-0.3, -0.25) is 9.69 Å². The van der Waals surface area contributed by atoms with Crippen LogP contribution in [-0.4, -0.2) is 59.6 Å². The van der Waals surface area contributed by atoms with Crippen LogP contribution in [-0.2, 0) is 4.79 Å². The zero-order chi connectivity index (χ0) is 15.3. The normalized spacial score (nSPS) is 23.8. The number of aliphatic hydroxyl groups is 1. The van der Waals surface area contributed by atoms with E-state index in [4.69, 9.17) is 0 Å². The Hall–Kier alpha value is -0.610. The third-order valence-electron chi connectivity index (χ3n) is 4.05. The molecule has 0 saturated carbocycles. The van der Waals surface area contributed by atoms with Gasteiger partial charge in [-0.05, 0) is 30.7 Å². The molecule has 0 aromatic carbocycles. The number of amides is 1. The minimum Gasteiger partial charge on any atom is -0.395 e. The summed E-state index contributed by atoms with van der Waals surface area (Å²) in [6.45, 7) is 13.9. The Morgan fingerprint density at radius 3 is 2.25 bits per heavy atom. The van der Waals surface area contributed by atoms with E-state index in [1.807, 2.05) is 4.90 Å². The number of carbonyl (C=O) groups is 1. The molecule has 2 atom stereocenters. The van der Waals surface area contributed by atoms with Gasteiger partial charge in [-0.2, -0.15) is 0 Å². The lowest BCUT2D eigenvalue weighted by Crippen LogP contribution is -2.46.